The Morgan fingerprint density at radius 2 is 2.00 bits per heavy atom. The molecule has 1 N–H and O–H groups in total. The summed E-state index contributed by atoms with van der Waals surface area (Å²) in [7, 11) is 0. The van der Waals surface area contributed by atoms with Gasteiger partial charge in [-0.2, -0.15) is 0 Å². The van der Waals surface area contributed by atoms with Crippen LogP contribution in [0.3, 0.4) is 0 Å². The van der Waals surface area contributed by atoms with Gasteiger partial charge in [0.05, 0.1) is 12.8 Å². The lowest BCUT2D eigenvalue weighted by atomic mass is 9.99. The molecule has 5 nitrogen and oxygen atoms in total. The zero-order valence-corrected chi connectivity index (χ0v) is 12.9. The Morgan fingerprint density at radius 3 is 2.67 bits per heavy atom. The number of nitrogens with one attached hydrogen (secondary N) is 1. The third-order valence-corrected chi connectivity index (χ3v) is 4.35. The Bertz CT molecular complexity index is 699. The Labute approximate surface area is 130 Å². The number of amides is 3. The van der Waals surface area contributed by atoms with Gasteiger partial charge in [0.1, 0.15) is 5.76 Å². The number of carbonyl (C=O) groups is 2. The normalized spacial score (nSPS) is 21.7. The summed E-state index contributed by atoms with van der Waals surface area (Å²) in [5.74, 6) is 0.105. The predicted molar refractivity (Wildman–Crippen MR) is 79.3 cm³/mol. The summed E-state index contributed by atoms with van der Waals surface area (Å²) in [6.45, 7) is 1.86. The second-order valence-corrected chi connectivity index (χ2v) is 5.87. The van der Waals surface area contributed by atoms with Gasteiger partial charge in [-0.15, -0.1) is 0 Å². The van der Waals surface area contributed by atoms with Crippen molar-refractivity contribution in [3.05, 3.63) is 58.5 Å². The molecule has 21 heavy (non-hydrogen) atoms. The molecule has 1 aromatic carbocycles. The van der Waals surface area contributed by atoms with Crippen molar-refractivity contribution < 1.29 is 14.0 Å². The van der Waals surface area contributed by atoms with E-state index in [0.29, 0.717) is 5.76 Å². The second kappa shape index (κ2) is 5.04. The van der Waals surface area contributed by atoms with Crippen LogP contribution in [0.4, 0.5) is 4.79 Å². The van der Waals surface area contributed by atoms with Crippen molar-refractivity contribution in [1.82, 2.24) is 10.2 Å². The molecule has 0 unspecified atom stereocenters. The van der Waals surface area contributed by atoms with Gasteiger partial charge in [0.25, 0.3) is 5.91 Å². The third-order valence-electron chi connectivity index (χ3n) is 3.58. The smallest absolute Gasteiger partial charge is 0.325 e. The number of carbonyl (C=O) groups excluding carboxylic acids is 2. The van der Waals surface area contributed by atoms with Crippen molar-refractivity contribution in [3.8, 4) is 0 Å². The quantitative estimate of drug-likeness (QED) is 0.867. The molecule has 1 aliphatic heterocycles. The molecule has 1 atom stereocenters. The minimum absolute atomic E-state index is 0.211. The average molecular weight is 349 g/mol. The SMILES string of the molecule is C[C@@]1(c2ccco2)NC(=O)N(Cc2ccccc2Br)C1=O. The van der Waals surface area contributed by atoms with E-state index in [-0.39, 0.29) is 12.5 Å². The van der Waals surface area contributed by atoms with Crippen molar-refractivity contribution in [1.29, 1.82) is 0 Å². The molecular formula is C15H13BrN2O3. The number of halogens is 1. The first-order valence-electron chi connectivity index (χ1n) is 6.44. The Kier molecular flexibility index (Phi) is 3.33. The highest BCUT2D eigenvalue weighted by molar-refractivity contribution is 9.10. The Balaban J connectivity index is 1.90. The van der Waals surface area contributed by atoms with Crippen LogP contribution < -0.4 is 5.32 Å². The third kappa shape index (κ3) is 2.25. The number of imide groups is 1. The summed E-state index contributed by atoms with van der Waals surface area (Å²) in [5, 5.41) is 2.70. The van der Waals surface area contributed by atoms with E-state index in [1.807, 2.05) is 24.3 Å². The summed E-state index contributed by atoms with van der Waals surface area (Å²) in [5.41, 5.74) is -0.285. The van der Waals surface area contributed by atoms with Crippen molar-refractivity contribution >= 4 is 27.9 Å². The molecule has 6 heteroatoms. The maximum Gasteiger partial charge on any atom is 0.325 e. The number of hydrogen-bond donors (Lipinski definition) is 1. The summed E-state index contributed by atoms with van der Waals surface area (Å²) in [6.07, 6.45) is 1.48. The van der Waals surface area contributed by atoms with Gasteiger partial charge in [0.2, 0.25) is 0 Å². The lowest BCUT2D eigenvalue weighted by Gasteiger charge is -2.19. The van der Waals surface area contributed by atoms with Gasteiger partial charge in [-0.05, 0) is 30.7 Å². The van der Waals surface area contributed by atoms with Crippen molar-refractivity contribution in [2.24, 2.45) is 0 Å². The monoisotopic (exact) mass is 348 g/mol. The number of nitrogens with zero attached hydrogens (tertiary/aromatic N) is 1. The van der Waals surface area contributed by atoms with E-state index in [1.54, 1.807) is 19.1 Å². The molecule has 108 valence electrons. The van der Waals surface area contributed by atoms with E-state index < -0.39 is 11.6 Å². The van der Waals surface area contributed by atoms with Crippen LogP contribution in [-0.4, -0.2) is 16.8 Å². The molecule has 0 aliphatic carbocycles. The van der Waals surface area contributed by atoms with Gasteiger partial charge in [-0.3, -0.25) is 9.69 Å². The van der Waals surface area contributed by atoms with Crippen molar-refractivity contribution in [3.63, 3.8) is 0 Å². The number of rotatable bonds is 3. The molecule has 2 aromatic rings. The van der Waals surface area contributed by atoms with Crippen LogP contribution in [0.15, 0.2) is 51.6 Å². The molecule has 0 saturated carbocycles. The minimum atomic E-state index is -1.15. The highest BCUT2D eigenvalue weighted by Gasteiger charge is 2.50. The first-order valence-corrected chi connectivity index (χ1v) is 7.23. The van der Waals surface area contributed by atoms with Crippen LogP contribution in [-0.2, 0) is 16.9 Å². The van der Waals surface area contributed by atoms with Gasteiger partial charge in [-0.25, -0.2) is 4.79 Å². The molecule has 1 saturated heterocycles. The fourth-order valence-electron chi connectivity index (χ4n) is 2.37. The van der Waals surface area contributed by atoms with Crippen molar-refractivity contribution in [2.45, 2.75) is 19.0 Å². The number of urea groups is 1. The van der Waals surface area contributed by atoms with Gasteiger partial charge < -0.3 is 9.73 Å². The molecule has 0 bridgehead atoms. The highest BCUT2D eigenvalue weighted by Crippen LogP contribution is 2.30. The van der Waals surface area contributed by atoms with E-state index in [2.05, 4.69) is 21.2 Å². The summed E-state index contributed by atoms with van der Waals surface area (Å²) in [6, 6.07) is 10.4. The van der Waals surface area contributed by atoms with Gasteiger partial charge in [0.15, 0.2) is 5.54 Å². The van der Waals surface area contributed by atoms with Gasteiger partial charge in [-0.1, -0.05) is 34.1 Å². The van der Waals surface area contributed by atoms with E-state index in [4.69, 9.17) is 4.42 Å². The van der Waals surface area contributed by atoms with Crippen LogP contribution in [0.5, 0.6) is 0 Å². The lowest BCUT2D eigenvalue weighted by molar-refractivity contribution is -0.132. The zero-order valence-electron chi connectivity index (χ0n) is 11.3. The molecule has 1 fully saturated rings. The Hall–Kier alpha value is -2.08. The molecule has 3 amide bonds. The van der Waals surface area contributed by atoms with E-state index >= 15 is 0 Å². The van der Waals surface area contributed by atoms with Crippen LogP contribution in [0.2, 0.25) is 0 Å². The lowest BCUT2D eigenvalue weighted by Crippen LogP contribution is -2.40. The molecule has 2 heterocycles. The number of hydrogen-bond acceptors (Lipinski definition) is 3. The second-order valence-electron chi connectivity index (χ2n) is 5.02. The molecule has 0 spiro atoms. The van der Waals surface area contributed by atoms with Crippen LogP contribution in [0.25, 0.3) is 0 Å². The minimum Gasteiger partial charge on any atom is -0.466 e. The molecule has 3 rings (SSSR count). The topological polar surface area (TPSA) is 62.6 Å². The van der Waals surface area contributed by atoms with Crippen LogP contribution in [0, 0.1) is 0 Å². The van der Waals surface area contributed by atoms with Crippen LogP contribution >= 0.6 is 15.9 Å². The molecular weight excluding hydrogens is 336 g/mol. The largest absolute Gasteiger partial charge is 0.466 e. The summed E-state index contributed by atoms with van der Waals surface area (Å²) in [4.78, 5) is 26.0. The van der Waals surface area contributed by atoms with Crippen LogP contribution in [0.1, 0.15) is 18.2 Å². The van der Waals surface area contributed by atoms with Gasteiger partial charge >= 0.3 is 6.03 Å². The number of benzene rings is 1. The summed E-state index contributed by atoms with van der Waals surface area (Å²) >= 11 is 3.42. The molecule has 0 radical (unpaired) electrons. The van der Waals surface area contributed by atoms with E-state index in [1.165, 1.54) is 11.2 Å². The fourth-order valence-corrected chi connectivity index (χ4v) is 2.78. The van der Waals surface area contributed by atoms with E-state index in [9.17, 15) is 9.59 Å². The van der Waals surface area contributed by atoms with Crippen molar-refractivity contribution in [2.75, 3.05) is 0 Å². The highest BCUT2D eigenvalue weighted by atomic mass is 79.9. The zero-order chi connectivity index (χ0) is 15.0. The standard InChI is InChI=1S/C15H13BrN2O3/c1-15(12-7-4-8-21-12)13(19)18(14(20)17-15)9-10-5-2-3-6-11(10)16/h2-8H,9H2,1H3,(H,17,20)/t15-/m0/s1. The maximum atomic E-state index is 12.6. The maximum absolute atomic E-state index is 12.6. The fraction of sp³-hybridized carbons (Fsp3) is 0.200. The number of furan rings is 1. The predicted octanol–water partition coefficient (Wildman–Crippen LogP) is 3.01. The summed E-state index contributed by atoms with van der Waals surface area (Å²) < 4.78 is 6.15. The van der Waals surface area contributed by atoms with Gasteiger partial charge in [0, 0.05) is 4.47 Å². The first kappa shape index (κ1) is 13.9. The Morgan fingerprint density at radius 1 is 1.24 bits per heavy atom. The molecule has 1 aromatic heterocycles. The van der Waals surface area contributed by atoms with E-state index in [0.717, 1.165) is 10.0 Å². The first-order chi connectivity index (χ1) is 10.0. The average Bonchev–Trinajstić information content (AvgIpc) is 3.06. The molecule has 1 aliphatic rings.